The molecule has 0 fully saturated rings. The van der Waals surface area contributed by atoms with Crippen LogP contribution in [0.2, 0.25) is 0 Å². The van der Waals surface area contributed by atoms with Gasteiger partial charge in [0.05, 0.1) is 6.54 Å². The normalized spacial score (nSPS) is 12.5. The Labute approximate surface area is 109 Å². The lowest BCUT2D eigenvalue weighted by molar-refractivity contribution is 0.235. The molecule has 0 bridgehead atoms. The largest absolute Gasteiger partial charge is 0.460 e. The Hall–Kier alpha value is -1.28. The Morgan fingerprint density at radius 3 is 2.61 bits per heavy atom. The summed E-state index contributed by atoms with van der Waals surface area (Å²) in [6.45, 7) is 10.9. The Kier molecular flexibility index (Phi) is 3.76. The minimum Gasteiger partial charge on any atom is -0.460 e. The number of furan rings is 1. The van der Waals surface area contributed by atoms with E-state index in [1.54, 1.807) is 0 Å². The van der Waals surface area contributed by atoms with Crippen LogP contribution >= 0.6 is 0 Å². The zero-order valence-electron chi connectivity index (χ0n) is 11.8. The standard InChI is InChI=1S/C16H23NO/c1-12(2)16(3,4)11-17-10-14-9-13-7-5-6-8-15(13)18-14/h5-9,12,17H,10-11H2,1-4H3. The zero-order valence-corrected chi connectivity index (χ0v) is 11.8. The van der Waals surface area contributed by atoms with E-state index in [1.165, 1.54) is 5.39 Å². The van der Waals surface area contributed by atoms with Gasteiger partial charge in [0.25, 0.3) is 0 Å². The number of hydrogen-bond acceptors (Lipinski definition) is 2. The van der Waals surface area contributed by atoms with Gasteiger partial charge in [-0.2, -0.15) is 0 Å². The summed E-state index contributed by atoms with van der Waals surface area (Å²) in [5, 5.41) is 4.67. The molecule has 98 valence electrons. The number of hydrogen-bond donors (Lipinski definition) is 1. The molecule has 0 amide bonds. The Balaban J connectivity index is 1.94. The van der Waals surface area contributed by atoms with Gasteiger partial charge in [0.15, 0.2) is 0 Å². The van der Waals surface area contributed by atoms with Crippen LogP contribution in [0.3, 0.4) is 0 Å². The van der Waals surface area contributed by atoms with E-state index < -0.39 is 0 Å². The molecular weight excluding hydrogens is 222 g/mol. The van der Waals surface area contributed by atoms with Gasteiger partial charge < -0.3 is 9.73 Å². The first kappa shape index (κ1) is 13.2. The van der Waals surface area contributed by atoms with E-state index in [-0.39, 0.29) is 0 Å². The van der Waals surface area contributed by atoms with Crippen molar-refractivity contribution in [3.8, 4) is 0 Å². The van der Waals surface area contributed by atoms with Crippen LogP contribution in [0, 0.1) is 11.3 Å². The summed E-state index contributed by atoms with van der Waals surface area (Å²) in [4.78, 5) is 0. The summed E-state index contributed by atoms with van der Waals surface area (Å²) in [6, 6.07) is 10.3. The van der Waals surface area contributed by atoms with Crippen LogP contribution in [0.15, 0.2) is 34.7 Å². The Bertz CT molecular complexity index is 478. The van der Waals surface area contributed by atoms with Crippen molar-refractivity contribution in [3.05, 3.63) is 36.1 Å². The van der Waals surface area contributed by atoms with Crippen molar-refractivity contribution < 1.29 is 4.42 Å². The average Bonchev–Trinajstić information content (AvgIpc) is 2.70. The first-order valence-electron chi connectivity index (χ1n) is 6.67. The molecule has 0 spiro atoms. The van der Waals surface area contributed by atoms with E-state index in [4.69, 9.17) is 4.42 Å². The predicted octanol–water partition coefficient (Wildman–Crippen LogP) is 4.20. The molecule has 0 saturated heterocycles. The SMILES string of the molecule is CC(C)C(C)(C)CNCc1cc2ccccc2o1. The second-order valence-corrected chi connectivity index (χ2v) is 6.00. The summed E-state index contributed by atoms with van der Waals surface area (Å²) in [5.41, 5.74) is 1.28. The summed E-state index contributed by atoms with van der Waals surface area (Å²) in [5.74, 6) is 1.68. The minimum absolute atomic E-state index is 0.312. The molecule has 2 nitrogen and oxygen atoms in total. The molecule has 0 aliphatic heterocycles. The molecule has 1 heterocycles. The van der Waals surface area contributed by atoms with E-state index >= 15 is 0 Å². The molecule has 1 N–H and O–H groups in total. The quantitative estimate of drug-likeness (QED) is 0.853. The Morgan fingerprint density at radius 1 is 1.22 bits per heavy atom. The van der Waals surface area contributed by atoms with Crippen LogP contribution in [0.25, 0.3) is 11.0 Å². The van der Waals surface area contributed by atoms with Crippen LogP contribution in [0.1, 0.15) is 33.5 Å². The predicted molar refractivity (Wildman–Crippen MR) is 76.5 cm³/mol. The highest BCUT2D eigenvalue weighted by molar-refractivity contribution is 5.77. The van der Waals surface area contributed by atoms with Crippen molar-refractivity contribution in [2.75, 3.05) is 6.54 Å². The highest BCUT2D eigenvalue weighted by Crippen LogP contribution is 2.25. The van der Waals surface area contributed by atoms with E-state index in [2.05, 4.69) is 45.1 Å². The molecule has 0 saturated carbocycles. The summed E-state index contributed by atoms with van der Waals surface area (Å²) in [7, 11) is 0. The maximum atomic E-state index is 5.78. The van der Waals surface area contributed by atoms with Gasteiger partial charge in [-0.25, -0.2) is 0 Å². The van der Waals surface area contributed by atoms with Crippen LogP contribution in [-0.2, 0) is 6.54 Å². The smallest absolute Gasteiger partial charge is 0.134 e. The molecule has 2 aromatic rings. The topological polar surface area (TPSA) is 25.2 Å². The molecule has 0 unspecified atom stereocenters. The molecule has 0 aliphatic carbocycles. The maximum absolute atomic E-state index is 5.78. The van der Waals surface area contributed by atoms with Crippen LogP contribution in [0.5, 0.6) is 0 Å². The third-order valence-electron chi connectivity index (χ3n) is 3.92. The van der Waals surface area contributed by atoms with Crippen LogP contribution in [0.4, 0.5) is 0 Å². The number of benzene rings is 1. The third-order valence-corrected chi connectivity index (χ3v) is 3.92. The molecule has 0 atom stereocenters. The summed E-state index contributed by atoms with van der Waals surface area (Å²) in [6.07, 6.45) is 0. The first-order valence-corrected chi connectivity index (χ1v) is 6.67. The van der Waals surface area contributed by atoms with Gasteiger partial charge in [0.1, 0.15) is 11.3 Å². The monoisotopic (exact) mass is 245 g/mol. The second-order valence-electron chi connectivity index (χ2n) is 6.00. The van der Waals surface area contributed by atoms with E-state index in [9.17, 15) is 0 Å². The van der Waals surface area contributed by atoms with Crippen LogP contribution in [-0.4, -0.2) is 6.54 Å². The molecular formula is C16H23NO. The van der Waals surface area contributed by atoms with Crippen LogP contribution < -0.4 is 5.32 Å². The van der Waals surface area contributed by atoms with Gasteiger partial charge in [-0.15, -0.1) is 0 Å². The van der Waals surface area contributed by atoms with Crippen molar-refractivity contribution in [3.63, 3.8) is 0 Å². The van der Waals surface area contributed by atoms with E-state index in [1.807, 2.05) is 18.2 Å². The van der Waals surface area contributed by atoms with Crippen molar-refractivity contribution in [1.82, 2.24) is 5.32 Å². The fourth-order valence-corrected chi connectivity index (χ4v) is 1.84. The van der Waals surface area contributed by atoms with Crippen molar-refractivity contribution >= 4 is 11.0 Å². The van der Waals surface area contributed by atoms with Gasteiger partial charge in [-0.1, -0.05) is 45.9 Å². The summed E-state index contributed by atoms with van der Waals surface area (Å²) < 4.78 is 5.78. The van der Waals surface area contributed by atoms with Crippen molar-refractivity contribution in [1.29, 1.82) is 0 Å². The lowest BCUT2D eigenvalue weighted by atomic mass is 9.81. The van der Waals surface area contributed by atoms with Crippen molar-refractivity contribution in [2.45, 2.75) is 34.2 Å². The van der Waals surface area contributed by atoms with Gasteiger partial charge in [0, 0.05) is 11.9 Å². The zero-order chi connectivity index (χ0) is 13.2. The fraction of sp³-hybridized carbons (Fsp3) is 0.500. The number of rotatable bonds is 5. The van der Waals surface area contributed by atoms with E-state index in [0.29, 0.717) is 11.3 Å². The number of nitrogens with one attached hydrogen (secondary N) is 1. The highest BCUT2D eigenvalue weighted by Gasteiger charge is 2.21. The summed E-state index contributed by atoms with van der Waals surface area (Å²) >= 11 is 0. The lowest BCUT2D eigenvalue weighted by Crippen LogP contribution is -2.33. The first-order chi connectivity index (χ1) is 8.49. The number of fused-ring (bicyclic) bond motifs is 1. The molecule has 1 aromatic heterocycles. The third kappa shape index (κ3) is 2.94. The second kappa shape index (κ2) is 5.15. The Morgan fingerprint density at radius 2 is 1.94 bits per heavy atom. The average molecular weight is 245 g/mol. The van der Waals surface area contributed by atoms with Crippen molar-refractivity contribution in [2.24, 2.45) is 11.3 Å². The molecule has 0 radical (unpaired) electrons. The maximum Gasteiger partial charge on any atom is 0.134 e. The molecule has 2 heteroatoms. The molecule has 18 heavy (non-hydrogen) atoms. The highest BCUT2D eigenvalue weighted by atomic mass is 16.3. The van der Waals surface area contributed by atoms with Gasteiger partial charge in [0.2, 0.25) is 0 Å². The van der Waals surface area contributed by atoms with Gasteiger partial charge in [-0.05, 0) is 23.5 Å². The number of para-hydroxylation sites is 1. The molecule has 1 aromatic carbocycles. The van der Waals surface area contributed by atoms with E-state index in [0.717, 1.165) is 24.4 Å². The molecule has 0 aliphatic rings. The molecule has 2 rings (SSSR count). The lowest BCUT2D eigenvalue weighted by Gasteiger charge is -2.29. The fourth-order valence-electron chi connectivity index (χ4n) is 1.84. The van der Waals surface area contributed by atoms with Gasteiger partial charge >= 0.3 is 0 Å². The van der Waals surface area contributed by atoms with Gasteiger partial charge in [-0.3, -0.25) is 0 Å². The minimum atomic E-state index is 0.312.